The van der Waals surface area contributed by atoms with Crippen LogP contribution in [0, 0.1) is 5.92 Å². The first kappa shape index (κ1) is 17.2. The lowest BCUT2D eigenvalue weighted by molar-refractivity contribution is -0.132. The Morgan fingerprint density at radius 1 is 1.31 bits per heavy atom. The molecule has 0 unspecified atom stereocenters. The summed E-state index contributed by atoms with van der Waals surface area (Å²) in [5, 5.41) is 2.48. The van der Waals surface area contributed by atoms with Crippen molar-refractivity contribution in [2.45, 2.75) is 42.4 Å². The topological polar surface area (TPSA) is 62.6 Å². The van der Waals surface area contributed by atoms with Crippen LogP contribution in [0.25, 0.3) is 0 Å². The van der Waals surface area contributed by atoms with Gasteiger partial charge in [0.1, 0.15) is 11.5 Å². The molecular weight excluding hydrogens is 348 g/mol. The molecule has 0 bridgehead atoms. The van der Waals surface area contributed by atoms with Gasteiger partial charge >= 0.3 is 0 Å². The van der Waals surface area contributed by atoms with Crippen LogP contribution in [-0.2, 0) is 16.1 Å². The zero-order valence-corrected chi connectivity index (χ0v) is 15.7. The number of thioether (sulfide) groups is 1. The van der Waals surface area contributed by atoms with Crippen molar-refractivity contribution >= 4 is 29.3 Å². The highest BCUT2D eigenvalue weighted by Gasteiger charge is 2.36. The summed E-state index contributed by atoms with van der Waals surface area (Å²) in [6.07, 6.45) is 1.35. The van der Waals surface area contributed by atoms with Gasteiger partial charge in [-0.25, -0.2) is 0 Å². The molecule has 6 heteroatoms. The number of carbonyl (C=O) groups is 2. The molecule has 136 valence electrons. The number of nitrogens with zero attached hydrogens (tertiary/aromatic N) is 1. The molecule has 1 fully saturated rings. The molecule has 5 nitrogen and oxygen atoms in total. The van der Waals surface area contributed by atoms with E-state index in [1.54, 1.807) is 11.9 Å². The van der Waals surface area contributed by atoms with Crippen LogP contribution < -0.4 is 5.32 Å². The predicted molar refractivity (Wildman–Crippen MR) is 101 cm³/mol. The van der Waals surface area contributed by atoms with Crippen molar-refractivity contribution in [1.82, 2.24) is 4.90 Å². The molecule has 0 spiro atoms. The van der Waals surface area contributed by atoms with E-state index in [1.165, 1.54) is 18.2 Å². The number of amides is 2. The van der Waals surface area contributed by atoms with E-state index in [0.29, 0.717) is 18.4 Å². The van der Waals surface area contributed by atoms with Crippen LogP contribution in [0.3, 0.4) is 0 Å². The lowest BCUT2D eigenvalue weighted by atomic mass is 10.2. The smallest absolute Gasteiger partial charge is 0.238 e. The lowest BCUT2D eigenvalue weighted by Gasteiger charge is -2.25. The maximum atomic E-state index is 12.6. The average molecular weight is 370 g/mol. The van der Waals surface area contributed by atoms with Crippen LogP contribution in [-0.4, -0.2) is 29.0 Å². The SMILES string of the molecule is C[C@@H]1C[C@@H]1c1ccc(CN(C)C(=O)C[C@@H]2Sc3ccccc3NC2=O)o1. The zero-order chi connectivity index (χ0) is 18.3. The summed E-state index contributed by atoms with van der Waals surface area (Å²) in [5.74, 6) is 2.87. The van der Waals surface area contributed by atoms with Crippen molar-refractivity contribution in [3.63, 3.8) is 0 Å². The Morgan fingerprint density at radius 3 is 2.85 bits per heavy atom. The van der Waals surface area contributed by atoms with E-state index in [-0.39, 0.29) is 18.2 Å². The highest BCUT2D eigenvalue weighted by atomic mass is 32.2. The second-order valence-corrected chi connectivity index (χ2v) is 8.41. The molecule has 1 N–H and O–H groups in total. The summed E-state index contributed by atoms with van der Waals surface area (Å²) in [5.41, 5.74) is 0.817. The summed E-state index contributed by atoms with van der Waals surface area (Å²) in [6, 6.07) is 11.6. The fourth-order valence-electron chi connectivity index (χ4n) is 3.26. The fourth-order valence-corrected chi connectivity index (χ4v) is 4.36. The van der Waals surface area contributed by atoms with Crippen LogP contribution in [0.15, 0.2) is 45.7 Å². The number of hydrogen-bond donors (Lipinski definition) is 1. The predicted octanol–water partition coefficient (Wildman–Crippen LogP) is 3.86. The summed E-state index contributed by atoms with van der Waals surface area (Å²) < 4.78 is 5.88. The number of fused-ring (bicyclic) bond motifs is 1. The third kappa shape index (κ3) is 3.51. The molecule has 1 aliphatic heterocycles. The second kappa shape index (κ2) is 6.83. The minimum Gasteiger partial charge on any atom is -0.464 e. The van der Waals surface area contributed by atoms with Crippen LogP contribution in [0.2, 0.25) is 0 Å². The quantitative estimate of drug-likeness (QED) is 0.868. The molecule has 26 heavy (non-hydrogen) atoms. The monoisotopic (exact) mass is 370 g/mol. The number of para-hydroxylation sites is 1. The fraction of sp³-hybridized carbons (Fsp3) is 0.400. The Bertz CT molecular complexity index is 847. The number of carbonyl (C=O) groups excluding carboxylic acids is 2. The van der Waals surface area contributed by atoms with Crippen LogP contribution in [0.5, 0.6) is 0 Å². The van der Waals surface area contributed by atoms with E-state index in [4.69, 9.17) is 4.42 Å². The first-order chi connectivity index (χ1) is 12.5. The molecule has 0 radical (unpaired) electrons. The zero-order valence-electron chi connectivity index (χ0n) is 14.9. The maximum Gasteiger partial charge on any atom is 0.238 e. The van der Waals surface area contributed by atoms with Crippen molar-refractivity contribution in [2.24, 2.45) is 5.92 Å². The number of nitrogens with one attached hydrogen (secondary N) is 1. The van der Waals surface area contributed by atoms with Crippen molar-refractivity contribution in [3.05, 3.63) is 47.9 Å². The van der Waals surface area contributed by atoms with Crippen molar-refractivity contribution in [2.75, 3.05) is 12.4 Å². The highest BCUT2D eigenvalue weighted by Crippen LogP contribution is 2.47. The Hall–Kier alpha value is -2.21. The summed E-state index contributed by atoms with van der Waals surface area (Å²) >= 11 is 1.45. The van der Waals surface area contributed by atoms with Gasteiger partial charge in [-0.1, -0.05) is 19.1 Å². The molecule has 3 atom stereocenters. The van der Waals surface area contributed by atoms with Gasteiger partial charge in [0.25, 0.3) is 0 Å². The van der Waals surface area contributed by atoms with Gasteiger partial charge in [-0.3, -0.25) is 9.59 Å². The molecule has 0 saturated heterocycles. The van der Waals surface area contributed by atoms with Crippen LogP contribution >= 0.6 is 11.8 Å². The van der Waals surface area contributed by atoms with E-state index < -0.39 is 5.25 Å². The average Bonchev–Trinajstić information content (AvgIpc) is 3.17. The molecule has 2 aromatic rings. The Labute approximate surface area is 157 Å². The van der Waals surface area contributed by atoms with Gasteiger partial charge in [0.2, 0.25) is 11.8 Å². The minimum absolute atomic E-state index is 0.0604. The molecule has 2 amide bonds. The summed E-state index contributed by atoms with van der Waals surface area (Å²) in [6.45, 7) is 2.64. The summed E-state index contributed by atoms with van der Waals surface area (Å²) in [7, 11) is 1.75. The van der Waals surface area contributed by atoms with Gasteiger partial charge in [0.05, 0.1) is 17.5 Å². The number of rotatable bonds is 5. The summed E-state index contributed by atoms with van der Waals surface area (Å²) in [4.78, 5) is 27.5. The molecule has 1 aliphatic carbocycles. The van der Waals surface area contributed by atoms with Gasteiger partial charge < -0.3 is 14.6 Å². The highest BCUT2D eigenvalue weighted by molar-refractivity contribution is 8.01. The van der Waals surface area contributed by atoms with E-state index in [0.717, 1.165) is 22.1 Å². The normalized spacial score (nSPS) is 23.9. The molecule has 1 aromatic heterocycles. The Morgan fingerprint density at radius 2 is 2.08 bits per heavy atom. The second-order valence-electron chi connectivity index (χ2n) is 7.17. The lowest BCUT2D eigenvalue weighted by Crippen LogP contribution is -2.35. The van der Waals surface area contributed by atoms with Crippen molar-refractivity contribution in [3.8, 4) is 0 Å². The number of benzene rings is 1. The van der Waals surface area contributed by atoms with Crippen molar-refractivity contribution < 1.29 is 14.0 Å². The van der Waals surface area contributed by atoms with Gasteiger partial charge in [-0.2, -0.15) is 0 Å². The molecular formula is C20H22N2O3S. The molecule has 4 rings (SSSR count). The van der Waals surface area contributed by atoms with E-state index in [9.17, 15) is 9.59 Å². The third-order valence-corrected chi connectivity index (χ3v) is 6.32. The first-order valence-electron chi connectivity index (χ1n) is 8.90. The maximum absolute atomic E-state index is 12.6. The molecule has 2 aliphatic rings. The Kier molecular flexibility index (Phi) is 4.53. The molecule has 1 saturated carbocycles. The largest absolute Gasteiger partial charge is 0.464 e. The first-order valence-corrected chi connectivity index (χ1v) is 9.78. The van der Waals surface area contributed by atoms with E-state index in [2.05, 4.69) is 12.2 Å². The Balaban J connectivity index is 1.35. The van der Waals surface area contributed by atoms with Crippen LogP contribution in [0.4, 0.5) is 5.69 Å². The van der Waals surface area contributed by atoms with Gasteiger partial charge in [-0.15, -0.1) is 11.8 Å². The van der Waals surface area contributed by atoms with Crippen LogP contribution in [0.1, 0.15) is 37.2 Å². The van der Waals surface area contributed by atoms with Gasteiger partial charge in [0.15, 0.2) is 0 Å². The van der Waals surface area contributed by atoms with E-state index >= 15 is 0 Å². The standard InChI is InChI=1S/C20H22N2O3S/c1-12-9-14(12)16-8-7-13(25-16)11-22(2)19(23)10-18-20(24)21-15-5-3-4-6-17(15)26-18/h3-8,12,14,18H,9-11H2,1-2H3,(H,21,24)/t12-,14+,18+/m1/s1. The van der Waals surface area contributed by atoms with Crippen molar-refractivity contribution in [1.29, 1.82) is 0 Å². The molecule has 1 aromatic carbocycles. The number of hydrogen-bond acceptors (Lipinski definition) is 4. The molecule has 2 heterocycles. The van der Waals surface area contributed by atoms with Gasteiger partial charge in [0, 0.05) is 24.3 Å². The third-order valence-electron chi connectivity index (χ3n) is 5.04. The number of furan rings is 1. The van der Waals surface area contributed by atoms with E-state index in [1.807, 2.05) is 36.4 Å². The van der Waals surface area contributed by atoms with Gasteiger partial charge in [-0.05, 0) is 36.6 Å². The number of anilines is 1. The minimum atomic E-state index is -0.403.